The van der Waals surface area contributed by atoms with E-state index in [-0.39, 0.29) is 0 Å². The van der Waals surface area contributed by atoms with Crippen molar-refractivity contribution in [3.8, 4) is 17.1 Å². The van der Waals surface area contributed by atoms with Crippen molar-refractivity contribution in [2.24, 2.45) is 0 Å². The molecule has 0 aliphatic heterocycles. The van der Waals surface area contributed by atoms with E-state index in [4.69, 9.17) is 4.74 Å². The molecular weight excluding hydrogens is 252 g/mol. The minimum Gasteiger partial charge on any atom is -0.481 e. The van der Waals surface area contributed by atoms with Gasteiger partial charge in [0, 0.05) is 36.4 Å². The second kappa shape index (κ2) is 6.32. The molecule has 0 radical (unpaired) electrons. The van der Waals surface area contributed by atoms with Crippen LogP contribution in [0.25, 0.3) is 11.3 Å². The van der Waals surface area contributed by atoms with Gasteiger partial charge >= 0.3 is 0 Å². The number of hydrogen-bond donors (Lipinski definition) is 1. The standard InChI is InChI=1S/C15H20N4O/c1-5-12-18-14(10(3)15(19-12)16-6-2)11-7-8-13(20-4)17-9-11/h7-9H,5-6H2,1-4H3,(H,16,18,19). The van der Waals surface area contributed by atoms with Crippen molar-refractivity contribution in [3.63, 3.8) is 0 Å². The minimum atomic E-state index is 0.600. The number of aryl methyl sites for hydroxylation is 1. The molecule has 0 aliphatic rings. The summed E-state index contributed by atoms with van der Waals surface area (Å²) in [5.74, 6) is 2.32. The maximum absolute atomic E-state index is 5.09. The molecule has 2 heterocycles. The third-order valence-electron chi connectivity index (χ3n) is 3.07. The first-order valence-corrected chi connectivity index (χ1v) is 6.81. The van der Waals surface area contributed by atoms with Crippen LogP contribution in [0.3, 0.4) is 0 Å². The molecule has 0 atom stereocenters. The van der Waals surface area contributed by atoms with Gasteiger partial charge in [-0.15, -0.1) is 0 Å². The Hall–Kier alpha value is -2.17. The van der Waals surface area contributed by atoms with Crippen LogP contribution in [0.2, 0.25) is 0 Å². The van der Waals surface area contributed by atoms with Gasteiger partial charge in [0.2, 0.25) is 5.88 Å². The fraction of sp³-hybridized carbons (Fsp3) is 0.400. The number of hydrogen-bond acceptors (Lipinski definition) is 5. The number of pyridine rings is 1. The van der Waals surface area contributed by atoms with Gasteiger partial charge in [-0.1, -0.05) is 6.92 Å². The van der Waals surface area contributed by atoms with Crippen LogP contribution >= 0.6 is 0 Å². The summed E-state index contributed by atoms with van der Waals surface area (Å²) in [6, 6.07) is 3.81. The average Bonchev–Trinajstić information content (AvgIpc) is 2.49. The fourth-order valence-electron chi connectivity index (χ4n) is 1.98. The Balaban J connectivity index is 2.50. The van der Waals surface area contributed by atoms with Gasteiger partial charge in [0.1, 0.15) is 11.6 Å². The summed E-state index contributed by atoms with van der Waals surface area (Å²) < 4.78 is 5.09. The summed E-state index contributed by atoms with van der Waals surface area (Å²) in [5, 5.41) is 3.29. The van der Waals surface area contributed by atoms with Crippen molar-refractivity contribution in [1.29, 1.82) is 0 Å². The molecule has 0 bridgehead atoms. The van der Waals surface area contributed by atoms with E-state index in [1.807, 2.05) is 19.1 Å². The van der Waals surface area contributed by atoms with Crippen molar-refractivity contribution < 1.29 is 4.74 Å². The first-order valence-electron chi connectivity index (χ1n) is 6.81. The topological polar surface area (TPSA) is 59.9 Å². The summed E-state index contributed by atoms with van der Waals surface area (Å²) in [6.45, 7) is 6.97. The number of nitrogens with one attached hydrogen (secondary N) is 1. The SMILES string of the molecule is CCNc1nc(CC)nc(-c2ccc(OC)nc2)c1C. The molecule has 106 valence electrons. The van der Waals surface area contributed by atoms with Crippen molar-refractivity contribution in [2.75, 3.05) is 19.0 Å². The molecule has 0 amide bonds. The monoisotopic (exact) mass is 272 g/mol. The largest absolute Gasteiger partial charge is 0.481 e. The zero-order valence-corrected chi connectivity index (χ0v) is 12.4. The van der Waals surface area contributed by atoms with Crippen LogP contribution < -0.4 is 10.1 Å². The zero-order valence-electron chi connectivity index (χ0n) is 12.4. The third kappa shape index (κ3) is 2.87. The molecule has 0 unspecified atom stereocenters. The Kier molecular flexibility index (Phi) is 4.50. The number of anilines is 1. The second-order valence-electron chi connectivity index (χ2n) is 4.44. The molecule has 1 N–H and O–H groups in total. The lowest BCUT2D eigenvalue weighted by Gasteiger charge is -2.13. The number of nitrogens with zero attached hydrogens (tertiary/aromatic N) is 3. The minimum absolute atomic E-state index is 0.600. The summed E-state index contributed by atoms with van der Waals surface area (Å²) in [5.41, 5.74) is 2.93. The first kappa shape index (κ1) is 14.2. The molecule has 2 rings (SSSR count). The highest BCUT2D eigenvalue weighted by Gasteiger charge is 2.12. The highest BCUT2D eigenvalue weighted by atomic mass is 16.5. The van der Waals surface area contributed by atoms with Crippen molar-refractivity contribution in [2.45, 2.75) is 27.2 Å². The Morgan fingerprint density at radius 1 is 1.20 bits per heavy atom. The lowest BCUT2D eigenvalue weighted by atomic mass is 10.1. The molecule has 0 aliphatic carbocycles. The number of rotatable bonds is 5. The normalized spacial score (nSPS) is 10.4. The first-order chi connectivity index (χ1) is 9.69. The maximum Gasteiger partial charge on any atom is 0.212 e. The summed E-state index contributed by atoms with van der Waals surface area (Å²) in [4.78, 5) is 13.4. The van der Waals surface area contributed by atoms with Gasteiger partial charge in [0.15, 0.2) is 0 Å². The molecular formula is C15H20N4O. The lowest BCUT2D eigenvalue weighted by molar-refractivity contribution is 0.398. The van der Waals surface area contributed by atoms with Gasteiger partial charge < -0.3 is 10.1 Å². The van der Waals surface area contributed by atoms with Gasteiger partial charge in [0.05, 0.1) is 12.8 Å². The van der Waals surface area contributed by atoms with Gasteiger partial charge in [-0.3, -0.25) is 0 Å². The van der Waals surface area contributed by atoms with Crippen molar-refractivity contribution in [1.82, 2.24) is 15.0 Å². The van der Waals surface area contributed by atoms with Gasteiger partial charge in [-0.05, 0) is 19.9 Å². The quantitative estimate of drug-likeness (QED) is 0.907. The second-order valence-corrected chi connectivity index (χ2v) is 4.44. The van der Waals surface area contributed by atoms with E-state index in [2.05, 4.69) is 34.1 Å². The van der Waals surface area contributed by atoms with E-state index in [9.17, 15) is 0 Å². The van der Waals surface area contributed by atoms with E-state index < -0.39 is 0 Å². The van der Waals surface area contributed by atoms with Crippen LogP contribution in [-0.4, -0.2) is 28.6 Å². The van der Waals surface area contributed by atoms with Crippen LogP contribution in [0.15, 0.2) is 18.3 Å². The zero-order chi connectivity index (χ0) is 14.5. The number of ether oxygens (including phenoxy) is 1. The molecule has 2 aromatic heterocycles. The summed E-state index contributed by atoms with van der Waals surface area (Å²) >= 11 is 0. The Bertz CT molecular complexity index is 581. The molecule has 0 saturated heterocycles. The summed E-state index contributed by atoms with van der Waals surface area (Å²) in [6.07, 6.45) is 2.58. The molecule has 0 aromatic carbocycles. The van der Waals surface area contributed by atoms with Gasteiger partial charge in [-0.2, -0.15) is 0 Å². The highest BCUT2D eigenvalue weighted by molar-refractivity contribution is 5.67. The average molecular weight is 272 g/mol. The fourth-order valence-corrected chi connectivity index (χ4v) is 1.98. The van der Waals surface area contributed by atoms with E-state index in [1.54, 1.807) is 13.3 Å². The van der Waals surface area contributed by atoms with E-state index >= 15 is 0 Å². The van der Waals surface area contributed by atoms with E-state index in [1.165, 1.54) is 0 Å². The molecule has 5 heteroatoms. The predicted molar refractivity (Wildman–Crippen MR) is 80.1 cm³/mol. The van der Waals surface area contributed by atoms with Gasteiger partial charge in [0.25, 0.3) is 0 Å². The Morgan fingerprint density at radius 2 is 2.00 bits per heavy atom. The third-order valence-corrected chi connectivity index (χ3v) is 3.07. The lowest BCUT2D eigenvalue weighted by Crippen LogP contribution is -2.07. The molecule has 20 heavy (non-hydrogen) atoms. The van der Waals surface area contributed by atoms with Crippen molar-refractivity contribution in [3.05, 3.63) is 29.7 Å². The Labute approximate surface area is 119 Å². The Morgan fingerprint density at radius 3 is 2.55 bits per heavy atom. The predicted octanol–water partition coefficient (Wildman–Crippen LogP) is 2.85. The molecule has 0 fully saturated rings. The van der Waals surface area contributed by atoms with E-state index in [0.717, 1.165) is 41.4 Å². The van der Waals surface area contributed by atoms with Crippen molar-refractivity contribution >= 4 is 5.82 Å². The van der Waals surface area contributed by atoms with Crippen LogP contribution in [-0.2, 0) is 6.42 Å². The van der Waals surface area contributed by atoms with Crippen LogP contribution in [0.5, 0.6) is 5.88 Å². The van der Waals surface area contributed by atoms with Gasteiger partial charge in [-0.25, -0.2) is 15.0 Å². The number of methoxy groups -OCH3 is 1. The highest BCUT2D eigenvalue weighted by Crippen LogP contribution is 2.26. The molecule has 2 aromatic rings. The maximum atomic E-state index is 5.09. The number of aromatic nitrogens is 3. The summed E-state index contributed by atoms with van der Waals surface area (Å²) in [7, 11) is 1.61. The molecule has 0 saturated carbocycles. The van der Waals surface area contributed by atoms with Crippen LogP contribution in [0.1, 0.15) is 25.2 Å². The van der Waals surface area contributed by atoms with Crippen LogP contribution in [0.4, 0.5) is 5.82 Å². The smallest absolute Gasteiger partial charge is 0.212 e. The molecule has 0 spiro atoms. The van der Waals surface area contributed by atoms with E-state index in [0.29, 0.717) is 5.88 Å². The molecule has 5 nitrogen and oxygen atoms in total. The van der Waals surface area contributed by atoms with Crippen LogP contribution in [0, 0.1) is 6.92 Å².